The van der Waals surface area contributed by atoms with Gasteiger partial charge < -0.3 is 19.5 Å². The molecule has 7 heteroatoms. The van der Waals surface area contributed by atoms with E-state index in [0.29, 0.717) is 44.8 Å². The third kappa shape index (κ3) is 4.25. The van der Waals surface area contributed by atoms with Crippen molar-refractivity contribution in [2.75, 3.05) is 13.1 Å². The van der Waals surface area contributed by atoms with Gasteiger partial charge in [-0.05, 0) is 42.4 Å². The quantitative estimate of drug-likeness (QED) is 0.629. The molecule has 1 aliphatic carbocycles. The minimum atomic E-state index is -0.0657. The van der Waals surface area contributed by atoms with Gasteiger partial charge in [0.2, 0.25) is 5.91 Å². The molecular weight excluding hydrogens is 440 g/mol. The van der Waals surface area contributed by atoms with Gasteiger partial charge in [-0.1, -0.05) is 54.6 Å². The number of nitrogens with zero attached hydrogens (tertiary/aromatic N) is 3. The number of fused-ring (bicyclic) bond motifs is 2. The first-order chi connectivity index (χ1) is 17.2. The van der Waals surface area contributed by atoms with Crippen molar-refractivity contribution in [1.29, 1.82) is 0 Å². The number of carbonyl (C=O) groups is 2. The molecule has 2 amide bonds. The predicted molar refractivity (Wildman–Crippen MR) is 130 cm³/mol. The summed E-state index contributed by atoms with van der Waals surface area (Å²) in [6.45, 7) is 2.14. The van der Waals surface area contributed by atoms with Crippen LogP contribution in [0, 0.1) is 5.92 Å². The summed E-state index contributed by atoms with van der Waals surface area (Å²) in [4.78, 5) is 32.5. The Balaban J connectivity index is 1.05. The van der Waals surface area contributed by atoms with Crippen molar-refractivity contribution < 1.29 is 14.3 Å². The molecule has 0 radical (unpaired) electrons. The summed E-state index contributed by atoms with van der Waals surface area (Å²) in [5.41, 5.74) is 5.01. The number of amides is 2. The maximum absolute atomic E-state index is 13.3. The molecule has 3 aliphatic rings. The Labute approximate surface area is 205 Å². The molecule has 35 heavy (non-hydrogen) atoms. The lowest BCUT2D eigenvalue weighted by Crippen LogP contribution is -2.44. The Hall–Kier alpha value is -3.45. The number of carbonyl (C=O) groups excluding carboxylic acids is 2. The van der Waals surface area contributed by atoms with Crippen LogP contribution in [0.1, 0.15) is 64.3 Å². The topological polar surface area (TPSA) is 76.5 Å². The number of likely N-dealkylation sites (tertiary alicyclic amines) is 1. The van der Waals surface area contributed by atoms with E-state index in [2.05, 4.69) is 40.6 Å². The summed E-state index contributed by atoms with van der Waals surface area (Å²) in [7, 11) is 0. The lowest BCUT2D eigenvalue weighted by molar-refractivity contribution is -0.127. The average Bonchev–Trinajstić information content (AvgIpc) is 3.53. The fraction of sp³-hybridized carbons (Fsp3) is 0.393. The standard InChI is InChI=1S/C28H30N4O3/c33-27(30-23-11-10-19-6-4-5-9-22(19)23)21-12-14-31(15-13-21)28(34)26-24-17-35-25(16-32(24)18-29-26)20-7-2-1-3-8-20/h1-9,18,21,23,25H,10-17H2,(H,30,33)/t23-,25+/m1/s1. The third-order valence-electron chi connectivity index (χ3n) is 7.71. The van der Waals surface area contributed by atoms with Crippen molar-refractivity contribution in [1.82, 2.24) is 19.8 Å². The Morgan fingerprint density at radius 2 is 1.74 bits per heavy atom. The molecule has 3 heterocycles. The van der Waals surface area contributed by atoms with E-state index < -0.39 is 0 Å². The van der Waals surface area contributed by atoms with E-state index >= 15 is 0 Å². The molecule has 0 saturated carbocycles. The van der Waals surface area contributed by atoms with Crippen LogP contribution < -0.4 is 5.32 Å². The number of aromatic nitrogens is 2. The molecule has 7 nitrogen and oxygen atoms in total. The normalized spacial score (nSPS) is 21.9. The highest BCUT2D eigenvalue weighted by molar-refractivity contribution is 5.93. The molecule has 1 saturated heterocycles. The maximum Gasteiger partial charge on any atom is 0.274 e. The second-order valence-corrected chi connectivity index (χ2v) is 9.77. The van der Waals surface area contributed by atoms with E-state index in [1.165, 1.54) is 11.1 Å². The molecular formula is C28H30N4O3. The van der Waals surface area contributed by atoms with Gasteiger partial charge in [-0.15, -0.1) is 0 Å². The fourth-order valence-electron chi connectivity index (χ4n) is 5.67. The van der Waals surface area contributed by atoms with Crippen LogP contribution in [-0.4, -0.2) is 39.4 Å². The molecule has 2 atom stereocenters. The summed E-state index contributed by atoms with van der Waals surface area (Å²) in [6.07, 6.45) is 5.03. The summed E-state index contributed by atoms with van der Waals surface area (Å²) in [5, 5.41) is 3.26. The smallest absolute Gasteiger partial charge is 0.274 e. The van der Waals surface area contributed by atoms with Crippen LogP contribution in [0.15, 0.2) is 60.9 Å². The van der Waals surface area contributed by atoms with Crippen LogP contribution in [0.25, 0.3) is 0 Å². The first-order valence-electron chi connectivity index (χ1n) is 12.6. The Morgan fingerprint density at radius 1 is 0.971 bits per heavy atom. The van der Waals surface area contributed by atoms with Crippen LogP contribution in [-0.2, 0) is 29.1 Å². The highest BCUT2D eigenvalue weighted by Gasteiger charge is 2.33. The number of ether oxygens (including phenoxy) is 1. The maximum atomic E-state index is 13.3. The van der Waals surface area contributed by atoms with Crippen molar-refractivity contribution in [3.05, 3.63) is 89.0 Å². The van der Waals surface area contributed by atoms with Crippen molar-refractivity contribution in [3.8, 4) is 0 Å². The number of hydrogen-bond donors (Lipinski definition) is 1. The first-order valence-corrected chi connectivity index (χ1v) is 12.6. The predicted octanol–water partition coefficient (Wildman–Crippen LogP) is 3.81. The molecule has 180 valence electrons. The van der Waals surface area contributed by atoms with Crippen LogP contribution in [0.2, 0.25) is 0 Å². The Kier molecular flexibility index (Phi) is 5.86. The summed E-state index contributed by atoms with van der Waals surface area (Å²) >= 11 is 0. The zero-order valence-corrected chi connectivity index (χ0v) is 19.7. The van der Waals surface area contributed by atoms with Gasteiger partial charge in [0.1, 0.15) is 6.10 Å². The van der Waals surface area contributed by atoms with Crippen LogP contribution >= 0.6 is 0 Å². The summed E-state index contributed by atoms with van der Waals surface area (Å²) in [6, 6.07) is 18.6. The number of benzene rings is 2. The molecule has 0 bridgehead atoms. The molecule has 2 aromatic carbocycles. The van der Waals surface area contributed by atoms with Gasteiger partial charge >= 0.3 is 0 Å². The number of hydrogen-bond acceptors (Lipinski definition) is 4. The number of rotatable bonds is 4. The average molecular weight is 471 g/mol. The van der Waals surface area contributed by atoms with Gasteiger partial charge in [0, 0.05) is 19.0 Å². The molecule has 1 aromatic heterocycles. The van der Waals surface area contributed by atoms with Gasteiger partial charge in [0.15, 0.2) is 5.69 Å². The number of piperidine rings is 1. The van der Waals surface area contributed by atoms with E-state index in [1.54, 1.807) is 6.33 Å². The molecule has 0 spiro atoms. The zero-order valence-electron chi connectivity index (χ0n) is 19.7. The lowest BCUT2D eigenvalue weighted by Gasteiger charge is -2.32. The second kappa shape index (κ2) is 9.30. The van der Waals surface area contributed by atoms with Crippen molar-refractivity contribution in [2.45, 2.75) is 51.0 Å². The van der Waals surface area contributed by atoms with Crippen LogP contribution in [0.5, 0.6) is 0 Å². The number of aryl methyl sites for hydroxylation is 1. The van der Waals surface area contributed by atoms with E-state index in [1.807, 2.05) is 33.7 Å². The Morgan fingerprint density at radius 3 is 2.57 bits per heavy atom. The van der Waals surface area contributed by atoms with Gasteiger partial charge in [0.25, 0.3) is 5.91 Å². The molecule has 1 fully saturated rings. The molecule has 0 unspecified atom stereocenters. The summed E-state index contributed by atoms with van der Waals surface area (Å²) < 4.78 is 8.12. The first kappa shape index (κ1) is 22.0. The van der Waals surface area contributed by atoms with Gasteiger partial charge in [0.05, 0.1) is 31.2 Å². The minimum absolute atomic E-state index is 0.0399. The van der Waals surface area contributed by atoms with Crippen LogP contribution in [0.4, 0.5) is 0 Å². The van der Waals surface area contributed by atoms with Gasteiger partial charge in [-0.25, -0.2) is 4.98 Å². The van der Waals surface area contributed by atoms with Gasteiger partial charge in [-0.2, -0.15) is 0 Å². The minimum Gasteiger partial charge on any atom is -0.365 e. The number of imidazole rings is 1. The van der Waals surface area contributed by atoms with Gasteiger partial charge in [-0.3, -0.25) is 9.59 Å². The van der Waals surface area contributed by atoms with E-state index in [0.717, 1.165) is 24.1 Å². The highest BCUT2D eigenvalue weighted by atomic mass is 16.5. The monoisotopic (exact) mass is 470 g/mol. The lowest BCUT2D eigenvalue weighted by atomic mass is 9.95. The van der Waals surface area contributed by atoms with E-state index in [4.69, 9.17) is 4.74 Å². The fourth-order valence-corrected chi connectivity index (χ4v) is 5.67. The van der Waals surface area contributed by atoms with E-state index in [-0.39, 0.29) is 29.9 Å². The van der Waals surface area contributed by atoms with E-state index in [9.17, 15) is 9.59 Å². The molecule has 6 rings (SSSR count). The van der Waals surface area contributed by atoms with Crippen LogP contribution in [0.3, 0.4) is 0 Å². The number of nitrogens with one attached hydrogen (secondary N) is 1. The largest absolute Gasteiger partial charge is 0.365 e. The molecule has 2 aliphatic heterocycles. The Bertz CT molecular complexity index is 1230. The molecule has 1 N–H and O–H groups in total. The zero-order chi connectivity index (χ0) is 23.8. The molecule has 3 aromatic rings. The van der Waals surface area contributed by atoms with Crippen molar-refractivity contribution in [3.63, 3.8) is 0 Å². The van der Waals surface area contributed by atoms with Crippen molar-refractivity contribution >= 4 is 11.8 Å². The van der Waals surface area contributed by atoms with Crippen molar-refractivity contribution in [2.24, 2.45) is 5.92 Å². The third-order valence-corrected chi connectivity index (χ3v) is 7.71. The highest BCUT2D eigenvalue weighted by Crippen LogP contribution is 2.32. The second-order valence-electron chi connectivity index (χ2n) is 9.77. The SMILES string of the molecule is O=C(N[C@@H]1CCc2ccccc21)C1CCN(C(=O)c2ncn3c2CO[C@H](c2ccccc2)C3)CC1. The summed E-state index contributed by atoms with van der Waals surface area (Å²) in [5.74, 6) is -0.0136.